The molecule has 106 valence electrons. The first-order chi connectivity index (χ1) is 9.85. The number of aromatic nitrogens is 2. The molecular weight excluding hydrogens is 246 g/mol. The van der Waals surface area contributed by atoms with Crippen molar-refractivity contribution in [3.05, 3.63) is 42.2 Å². The van der Waals surface area contributed by atoms with Crippen LogP contribution < -0.4 is 5.73 Å². The first-order valence-corrected chi connectivity index (χ1v) is 7.67. The van der Waals surface area contributed by atoms with Crippen molar-refractivity contribution in [3.8, 4) is 11.1 Å². The highest BCUT2D eigenvalue weighted by Crippen LogP contribution is 2.26. The van der Waals surface area contributed by atoms with Crippen molar-refractivity contribution in [2.75, 3.05) is 0 Å². The van der Waals surface area contributed by atoms with Crippen molar-refractivity contribution in [1.82, 2.24) is 9.78 Å². The van der Waals surface area contributed by atoms with Gasteiger partial charge in [-0.05, 0) is 29.9 Å². The van der Waals surface area contributed by atoms with Gasteiger partial charge in [-0.2, -0.15) is 5.10 Å². The SMILES string of the molecule is NCc1ccc(-c2cnn(CC3CCCCC3)c2)cc1. The lowest BCUT2D eigenvalue weighted by atomic mass is 9.89. The van der Waals surface area contributed by atoms with Crippen LogP contribution in [0.3, 0.4) is 0 Å². The Bertz CT molecular complexity index is 536. The summed E-state index contributed by atoms with van der Waals surface area (Å²) in [4.78, 5) is 0. The third kappa shape index (κ3) is 3.10. The first kappa shape index (κ1) is 13.4. The lowest BCUT2D eigenvalue weighted by Crippen LogP contribution is -2.14. The van der Waals surface area contributed by atoms with E-state index >= 15 is 0 Å². The number of nitrogens with two attached hydrogens (primary N) is 1. The number of hydrogen-bond acceptors (Lipinski definition) is 2. The summed E-state index contributed by atoms with van der Waals surface area (Å²) < 4.78 is 2.11. The zero-order valence-corrected chi connectivity index (χ0v) is 12.0. The molecule has 0 amide bonds. The van der Waals surface area contributed by atoms with Crippen molar-refractivity contribution >= 4 is 0 Å². The van der Waals surface area contributed by atoms with Crippen LogP contribution in [0.5, 0.6) is 0 Å². The molecule has 0 saturated heterocycles. The molecule has 3 heteroatoms. The Morgan fingerprint density at radius 3 is 2.50 bits per heavy atom. The maximum absolute atomic E-state index is 5.63. The summed E-state index contributed by atoms with van der Waals surface area (Å²) in [6.07, 6.45) is 11.1. The number of hydrogen-bond donors (Lipinski definition) is 1. The van der Waals surface area contributed by atoms with Crippen LogP contribution >= 0.6 is 0 Å². The molecule has 0 atom stereocenters. The van der Waals surface area contributed by atoms with Gasteiger partial charge in [0.15, 0.2) is 0 Å². The first-order valence-electron chi connectivity index (χ1n) is 7.67. The number of rotatable bonds is 4. The van der Waals surface area contributed by atoms with Crippen LogP contribution in [0, 0.1) is 5.92 Å². The van der Waals surface area contributed by atoms with Gasteiger partial charge in [-0.1, -0.05) is 43.5 Å². The predicted octanol–water partition coefficient (Wildman–Crippen LogP) is 3.59. The summed E-state index contributed by atoms with van der Waals surface area (Å²) >= 11 is 0. The molecule has 3 rings (SSSR count). The van der Waals surface area contributed by atoms with Gasteiger partial charge in [0.25, 0.3) is 0 Å². The fourth-order valence-corrected chi connectivity index (χ4v) is 3.08. The molecule has 1 aromatic heterocycles. The molecule has 1 aromatic carbocycles. The molecule has 3 nitrogen and oxygen atoms in total. The maximum atomic E-state index is 5.63. The largest absolute Gasteiger partial charge is 0.326 e. The summed E-state index contributed by atoms with van der Waals surface area (Å²) in [5, 5.41) is 4.52. The molecule has 1 saturated carbocycles. The molecule has 1 fully saturated rings. The average Bonchev–Trinajstić information content (AvgIpc) is 2.97. The van der Waals surface area contributed by atoms with E-state index in [1.807, 2.05) is 6.20 Å². The van der Waals surface area contributed by atoms with E-state index in [0.717, 1.165) is 12.5 Å². The molecule has 0 radical (unpaired) electrons. The molecule has 1 aliphatic carbocycles. The second-order valence-electron chi connectivity index (χ2n) is 5.86. The molecular formula is C17H23N3. The molecule has 2 N–H and O–H groups in total. The van der Waals surface area contributed by atoms with Crippen LogP contribution in [0.15, 0.2) is 36.7 Å². The summed E-state index contributed by atoms with van der Waals surface area (Å²) in [6, 6.07) is 8.44. The Balaban J connectivity index is 1.68. The number of benzene rings is 1. The molecule has 0 unspecified atom stereocenters. The van der Waals surface area contributed by atoms with E-state index in [0.29, 0.717) is 6.54 Å². The van der Waals surface area contributed by atoms with Gasteiger partial charge in [0.1, 0.15) is 0 Å². The summed E-state index contributed by atoms with van der Waals surface area (Å²) in [6.45, 7) is 1.67. The third-order valence-corrected chi connectivity index (χ3v) is 4.33. The van der Waals surface area contributed by atoms with Gasteiger partial charge in [-0.25, -0.2) is 0 Å². The Kier molecular flexibility index (Phi) is 4.16. The average molecular weight is 269 g/mol. The molecule has 2 aromatic rings. The fraction of sp³-hybridized carbons (Fsp3) is 0.471. The van der Waals surface area contributed by atoms with E-state index in [4.69, 9.17) is 5.73 Å². The van der Waals surface area contributed by atoms with Gasteiger partial charge >= 0.3 is 0 Å². The quantitative estimate of drug-likeness (QED) is 0.921. The number of nitrogens with zero attached hydrogens (tertiary/aromatic N) is 2. The monoisotopic (exact) mass is 269 g/mol. The highest BCUT2D eigenvalue weighted by Gasteiger charge is 2.14. The van der Waals surface area contributed by atoms with E-state index in [2.05, 4.69) is 40.2 Å². The van der Waals surface area contributed by atoms with Crippen LogP contribution in [-0.4, -0.2) is 9.78 Å². The molecule has 0 bridgehead atoms. The molecule has 0 aliphatic heterocycles. The van der Waals surface area contributed by atoms with Gasteiger partial charge in [0.05, 0.1) is 6.20 Å². The van der Waals surface area contributed by atoms with Crippen LogP contribution in [0.4, 0.5) is 0 Å². The minimum Gasteiger partial charge on any atom is -0.326 e. The van der Waals surface area contributed by atoms with Crippen molar-refractivity contribution in [3.63, 3.8) is 0 Å². The zero-order chi connectivity index (χ0) is 13.8. The Hall–Kier alpha value is -1.61. The highest BCUT2D eigenvalue weighted by atomic mass is 15.3. The fourth-order valence-electron chi connectivity index (χ4n) is 3.08. The van der Waals surface area contributed by atoms with Crippen LogP contribution in [0.1, 0.15) is 37.7 Å². The highest BCUT2D eigenvalue weighted by molar-refractivity contribution is 5.61. The summed E-state index contributed by atoms with van der Waals surface area (Å²) in [7, 11) is 0. The van der Waals surface area contributed by atoms with Crippen LogP contribution in [0.25, 0.3) is 11.1 Å². The minimum absolute atomic E-state index is 0.598. The van der Waals surface area contributed by atoms with Crippen molar-refractivity contribution in [2.24, 2.45) is 11.7 Å². The third-order valence-electron chi connectivity index (χ3n) is 4.33. The van der Waals surface area contributed by atoms with Gasteiger partial charge in [-0.15, -0.1) is 0 Å². The summed E-state index contributed by atoms with van der Waals surface area (Å²) in [5.74, 6) is 0.816. The predicted molar refractivity (Wildman–Crippen MR) is 82.1 cm³/mol. The second kappa shape index (κ2) is 6.23. The van der Waals surface area contributed by atoms with E-state index < -0.39 is 0 Å². The normalized spacial score (nSPS) is 16.4. The van der Waals surface area contributed by atoms with Crippen LogP contribution in [0.2, 0.25) is 0 Å². The Morgan fingerprint density at radius 1 is 1.05 bits per heavy atom. The second-order valence-corrected chi connectivity index (χ2v) is 5.86. The van der Waals surface area contributed by atoms with Gasteiger partial charge < -0.3 is 5.73 Å². The topological polar surface area (TPSA) is 43.8 Å². The van der Waals surface area contributed by atoms with Crippen molar-refractivity contribution in [2.45, 2.75) is 45.2 Å². The lowest BCUT2D eigenvalue weighted by Gasteiger charge is -2.21. The van der Waals surface area contributed by atoms with Gasteiger partial charge in [-0.3, -0.25) is 4.68 Å². The van der Waals surface area contributed by atoms with E-state index in [1.165, 1.54) is 48.8 Å². The maximum Gasteiger partial charge on any atom is 0.0568 e. The van der Waals surface area contributed by atoms with Crippen LogP contribution in [-0.2, 0) is 13.1 Å². The van der Waals surface area contributed by atoms with Crippen molar-refractivity contribution < 1.29 is 0 Å². The lowest BCUT2D eigenvalue weighted by molar-refractivity contribution is 0.308. The molecule has 20 heavy (non-hydrogen) atoms. The zero-order valence-electron chi connectivity index (χ0n) is 12.0. The van der Waals surface area contributed by atoms with E-state index in [1.54, 1.807) is 0 Å². The summed E-state index contributed by atoms with van der Waals surface area (Å²) in [5.41, 5.74) is 9.22. The standard InChI is InChI=1S/C17H23N3/c18-10-14-6-8-16(9-7-14)17-11-19-20(13-17)12-15-4-2-1-3-5-15/h6-9,11,13,15H,1-5,10,12,18H2. The smallest absolute Gasteiger partial charge is 0.0568 e. The van der Waals surface area contributed by atoms with E-state index in [9.17, 15) is 0 Å². The Labute approximate surface area is 120 Å². The molecule has 0 spiro atoms. The van der Waals surface area contributed by atoms with Gasteiger partial charge in [0, 0.05) is 24.8 Å². The van der Waals surface area contributed by atoms with E-state index in [-0.39, 0.29) is 0 Å². The molecule has 1 aliphatic rings. The van der Waals surface area contributed by atoms with Gasteiger partial charge in [0.2, 0.25) is 0 Å². The van der Waals surface area contributed by atoms with Crippen molar-refractivity contribution in [1.29, 1.82) is 0 Å². The molecule has 1 heterocycles. The Morgan fingerprint density at radius 2 is 1.80 bits per heavy atom. The minimum atomic E-state index is 0.598.